The third kappa shape index (κ3) is 4.64. The minimum Gasteiger partial charge on any atom is -0.299 e. The van der Waals surface area contributed by atoms with Gasteiger partial charge < -0.3 is 0 Å². The van der Waals surface area contributed by atoms with Gasteiger partial charge in [0.05, 0.1) is 4.83 Å². The molecule has 0 aliphatic heterocycles. The quantitative estimate of drug-likeness (QED) is 0.629. The molecule has 1 nitrogen and oxygen atoms in total. The highest BCUT2D eigenvalue weighted by Gasteiger charge is 2.10. The van der Waals surface area contributed by atoms with E-state index in [1.165, 1.54) is 0 Å². The van der Waals surface area contributed by atoms with Crippen LogP contribution in [0.5, 0.6) is 0 Å². The Bertz CT molecular complexity index is 99.1. The molecule has 0 amide bonds. The zero-order chi connectivity index (χ0) is 7.44. The van der Waals surface area contributed by atoms with Crippen molar-refractivity contribution in [2.24, 2.45) is 5.92 Å². The summed E-state index contributed by atoms with van der Waals surface area (Å²) in [6, 6.07) is 0. The number of alkyl halides is 1. The van der Waals surface area contributed by atoms with E-state index < -0.39 is 0 Å². The molecule has 0 spiro atoms. The summed E-state index contributed by atoms with van der Waals surface area (Å²) >= 11 is 3.29. The van der Waals surface area contributed by atoms with Crippen LogP contribution in [0.4, 0.5) is 0 Å². The third-order valence-electron chi connectivity index (χ3n) is 1.12. The Morgan fingerprint density at radius 1 is 1.56 bits per heavy atom. The molecule has 0 heterocycles. The van der Waals surface area contributed by atoms with Crippen LogP contribution in [0, 0.1) is 5.92 Å². The van der Waals surface area contributed by atoms with Gasteiger partial charge in [-0.3, -0.25) is 4.79 Å². The van der Waals surface area contributed by atoms with Crippen molar-refractivity contribution in [1.82, 2.24) is 0 Å². The predicted octanol–water partition coefficient (Wildman–Crippen LogP) is 2.39. The molecule has 0 aliphatic rings. The van der Waals surface area contributed by atoms with E-state index in [-0.39, 0.29) is 10.6 Å². The van der Waals surface area contributed by atoms with Gasteiger partial charge in [-0.15, -0.1) is 0 Å². The van der Waals surface area contributed by atoms with Gasteiger partial charge >= 0.3 is 0 Å². The summed E-state index contributed by atoms with van der Waals surface area (Å²) in [6.07, 6.45) is 0.940. The number of carbonyl (C=O) groups is 1. The van der Waals surface area contributed by atoms with Gasteiger partial charge in [0.25, 0.3) is 0 Å². The van der Waals surface area contributed by atoms with Crippen molar-refractivity contribution in [3.63, 3.8) is 0 Å². The summed E-state index contributed by atoms with van der Waals surface area (Å²) in [6.45, 7) is 5.83. The van der Waals surface area contributed by atoms with Crippen molar-refractivity contribution < 1.29 is 4.79 Å². The first-order valence-electron chi connectivity index (χ1n) is 3.18. The number of hydrogen-bond acceptors (Lipinski definition) is 1. The van der Waals surface area contributed by atoms with Crippen LogP contribution in [-0.2, 0) is 4.79 Å². The second-order valence-corrected chi connectivity index (χ2v) is 3.81. The summed E-state index contributed by atoms with van der Waals surface area (Å²) < 4.78 is 0. The van der Waals surface area contributed by atoms with Crippen LogP contribution in [0.1, 0.15) is 27.2 Å². The second kappa shape index (κ2) is 4.04. The average Bonchev–Trinajstić information content (AvgIpc) is 1.63. The molecule has 0 unspecified atom stereocenters. The van der Waals surface area contributed by atoms with Crippen LogP contribution in [0.25, 0.3) is 0 Å². The highest BCUT2D eigenvalue weighted by atomic mass is 79.9. The van der Waals surface area contributed by atoms with Gasteiger partial charge in [0, 0.05) is 0 Å². The lowest BCUT2D eigenvalue weighted by atomic mass is 10.1. The Morgan fingerprint density at radius 3 is 2.11 bits per heavy atom. The molecule has 0 aromatic rings. The van der Waals surface area contributed by atoms with Crippen LogP contribution < -0.4 is 0 Å². The number of Topliss-reactive ketones (excluding diaryl/α,β-unsaturated/α-hetero) is 1. The van der Waals surface area contributed by atoms with E-state index in [9.17, 15) is 4.79 Å². The molecule has 0 aromatic carbocycles. The molecule has 0 fully saturated rings. The maximum absolute atomic E-state index is 10.6. The van der Waals surface area contributed by atoms with Gasteiger partial charge in [-0.25, -0.2) is 0 Å². The zero-order valence-electron chi connectivity index (χ0n) is 6.15. The third-order valence-corrected chi connectivity index (χ3v) is 2.14. The van der Waals surface area contributed by atoms with Gasteiger partial charge in [0.2, 0.25) is 0 Å². The monoisotopic (exact) mass is 192 g/mol. The first kappa shape index (κ1) is 9.15. The molecule has 9 heavy (non-hydrogen) atoms. The fourth-order valence-electron chi connectivity index (χ4n) is 0.580. The SMILES string of the molecule is CC(=O)[C@H](Br)CC(C)C. The van der Waals surface area contributed by atoms with Crippen molar-refractivity contribution in [3.8, 4) is 0 Å². The number of ketones is 1. The van der Waals surface area contributed by atoms with Crippen molar-refractivity contribution in [2.75, 3.05) is 0 Å². The Balaban J connectivity index is 3.50. The molecule has 0 bridgehead atoms. The minimum absolute atomic E-state index is 0.0671. The predicted molar refractivity (Wildman–Crippen MR) is 42.9 cm³/mol. The van der Waals surface area contributed by atoms with E-state index in [1.807, 2.05) is 0 Å². The largest absolute Gasteiger partial charge is 0.299 e. The first-order chi connectivity index (χ1) is 4.04. The molecule has 2 heteroatoms. The number of carbonyl (C=O) groups excluding carboxylic acids is 1. The van der Waals surface area contributed by atoms with E-state index in [4.69, 9.17) is 0 Å². The molecule has 0 saturated heterocycles. The highest BCUT2D eigenvalue weighted by Crippen LogP contribution is 2.12. The zero-order valence-corrected chi connectivity index (χ0v) is 7.73. The Morgan fingerprint density at radius 2 is 2.00 bits per heavy atom. The summed E-state index contributed by atoms with van der Waals surface area (Å²) in [4.78, 5) is 10.7. The maximum Gasteiger partial charge on any atom is 0.143 e. The summed E-state index contributed by atoms with van der Waals surface area (Å²) in [7, 11) is 0. The van der Waals surface area contributed by atoms with Crippen molar-refractivity contribution in [1.29, 1.82) is 0 Å². The van der Waals surface area contributed by atoms with E-state index in [0.717, 1.165) is 6.42 Å². The second-order valence-electron chi connectivity index (χ2n) is 2.71. The number of rotatable bonds is 3. The molecular weight excluding hydrogens is 180 g/mol. The number of hydrogen-bond donors (Lipinski definition) is 0. The lowest BCUT2D eigenvalue weighted by molar-refractivity contribution is -0.116. The van der Waals surface area contributed by atoms with E-state index in [1.54, 1.807) is 6.92 Å². The molecule has 0 N–H and O–H groups in total. The molecule has 0 saturated carbocycles. The van der Waals surface area contributed by atoms with Crippen LogP contribution in [0.2, 0.25) is 0 Å². The molecule has 0 aliphatic carbocycles. The fraction of sp³-hybridized carbons (Fsp3) is 0.857. The summed E-state index contributed by atoms with van der Waals surface area (Å²) in [5.74, 6) is 0.821. The molecule has 0 aromatic heterocycles. The molecule has 0 radical (unpaired) electrons. The van der Waals surface area contributed by atoms with Gasteiger partial charge in [-0.05, 0) is 19.3 Å². The first-order valence-corrected chi connectivity index (χ1v) is 4.10. The highest BCUT2D eigenvalue weighted by molar-refractivity contribution is 9.10. The van der Waals surface area contributed by atoms with E-state index in [0.29, 0.717) is 5.92 Å². The van der Waals surface area contributed by atoms with Crippen LogP contribution in [0.3, 0.4) is 0 Å². The van der Waals surface area contributed by atoms with Gasteiger partial charge in [0.15, 0.2) is 0 Å². The smallest absolute Gasteiger partial charge is 0.143 e. The molecule has 0 rings (SSSR count). The Kier molecular flexibility index (Phi) is 4.11. The van der Waals surface area contributed by atoms with E-state index in [2.05, 4.69) is 29.8 Å². The standard InChI is InChI=1S/C7H13BrO/c1-5(2)4-7(8)6(3)9/h5,7H,4H2,1-3H3/t7-/m1/s1. The van der Waals surface area contributed by atoms with Crippen molar-refractivity contribution in [3.05, 3.63) is 0 Å². The summed E-state index contributed by atoms with van der Waals surface area (Å²) in [5, 5.41) is 0. The Labute approximate surface area is 65.0 Å². The minimum atomic E-state index is 0.0671. The van der Waals surface area contributed by atoms with E-state index >= 15 is 0 Å². The lowest BCUT2D eigenvalue weighted by Crippen LogP contribution is -2.11. The molecule has 54 valence electrons. The van der Waals surface area contributed by atoms with Gasteiger partial charge in [-0.1, -0.05) is 29.8 Å². The Hall–Kier alpha value is 0.150. The molecular formula is C7H13BrO. The van der Waals surface area contributed by atoms with Gasteiger partial charge in [0.1, 0.15) is 5.78 Å². The normalized spacial score (nSPS) is 13.9. The van der Waals surface area contributed by atoms with Crippen LogP contribution in [0.15, 0.2) is 0 Å². The topological polar surface area (TPSA) is 17.1 Å². The van der Waals surface area contributed by atoms with Gasteiger partial charge in [-0.2, -0.15) is 0 Å². The number of halogens is 1. The lowest BCUT2D eigenvalue weighted by Gasteiger charge is -2.07. The van der Waals surface area contributed by atoms with Crippen LogP contribution in [-0.4, -0.2) is 10.6 Å². The van der Waals surface area contributed by atoms with Crippen molar-refractivity contribution >= 4 is 21.7 Å². The molecule has 1 atom stereocenters. The summed E-state index contributed by atoms with van der Waals surface area (Å²) in [5.41, 5.74) is 0. The average molecular weight is 193 g/mol. The maximum atomic E-state index is 10.6. The fourth-order valence-corrected chi connectivity index (χ4v) is 1.33. The van der Waals surface area contributed by atoms with Crippen molar-refractivity contribution in [2.45, 2.75) is 32.0 Å². The van der Waals surface area contributed by atoms with Crippen LogP contribution >= 0.6 is 15.9 Å².